The molecule has 2 N–H and O–H groups in total. The molecule has 0 atom stereocenters. The van der Waals surface area contributed by atoms with Crippen LogP contribution in [0.25, 0.3) is 0 Å². The van der Waals surface area contributed by atoms with E-state index in [1.807, 2.05) is 24.3 Å². The molecule has 0 unspecified atom stereocenters. The lowest BCUT2D eigenvalue weighted by molar-refractivity contribution is -0.115. The fourth-order valence-electron chi connectivity index (χ4n) is 2.09. The van der Waals surface area contributed by atoms with Gasteiger partial charge in [0.05, 0.1) is 6.54 Å². The number of carbonyl (C=O) groups excluding carboxylic acids is 1. The van der Waals surface area contributed by atoms with Gasteiger partial charge in [-0.3, -0.25) is 4.79 Å². The largest absolute Gasteiger partial charge is 0.325 e. The first-order valence-corrected chi connectivity index (χ1v) is 9.49. The van der Waals surface area contributed by atoms with Crippen molar-refractivity contribution in [2.24, 2.45) is 0 Å². The van der Waals surface area contributed by atoms with Crippen molar-refractivity contribution in [1.82, 2.24) is 4.72 Å². The molecule has 0 bridgehead atoms. The first-order valence-electron chi connectivity index (χ1n) is 7.13. The number of nitrogens with one attached hydrogen (secondary N) is 2. The number of sulfonamides is 1. The predicted octanol–water partition coefficient (Wildman–Crippen LogP) is 2.96. The molecule has 1 heterocycles. The SMILES string of the molecule is CC(C)(C)c1ccccc1NC(=O)CNS(=O)(=O)c1cccs1. The van der Waals surface area contributed by atoms with E-state index in [-0.39, 0.29) is 16.2 Å². The fourth-order valence-corrected chi connectivity index (χ4v) is 4.11. The van der Waals surface area contributed by atoms with E-state index < -0.39 is 15.9 Å². The van der Waals surface area contributed by atoms with Crippen LogP contribution in [0.1, 0.15) is 26.3 Å². The Bertz CT molecular complexity index is 776. The van der Waals surface area contributed by atoms with Crippen molar-refractivity contribution in [2.45, 2.75) is 30.4 Å². The van der Waals surface area contributed by atoms with Gasteiger partial charge in [0, 0.05) is 5.69 Å². The van der Waals surface area contributed by atoms with Crippen LogP contribution in [0.5, 0.6) is 0 Å². The summed E-state index contributed by atoms with van der Waals surface area (Å²) in [7, 11) is -3.64. The summed E-state index contributed by atoms with van der Waals surface area (Å²) in [6.45, 7) is 5.85. The number of carbonyl (C=O) groups is 1. The molecule has 5 nitrogen and oxygen atoms in total. The van der Waals surface area contributed by atoms with Crippen LogP contribution < -0.4 is 10.0 Å². The highest BCUT2D eigenvalue weighted by atomic mass is 32.2. The molecule has 124 valence electrons. The summed E-state index contributed by atoms with van der Waals surface area (Å²) in [6.07, 6.45) is 0. The minimum Gasteiger partial charge on any atom is -0.325 e. The van der Waals surface area contributed by atoms with Gasteiger partial charge in [-0.15, -0.1) is 11.3 Å². The van der Waals surface area contributed by atoms with Gasteiger partial charge in [-0.1, -0.05) is 45.0 Å². The molecule has 1 aromatic heterocycles. The summed E-state index contributed by atoms with van der Waals surface area (Å²) in [5, 5.41) is 4.45. The van der Waals surface area contributed by atoms with Crippen molar-refractivity contribution in [3.8, 4) is 0 Å². The summed E-state index contributed by atoms with van der Waals surface area (Å²) in [6, 6.07) is 10.7. The highest BCUT2D eigenvalue weighted by molar-refractivity contribution is 7.91. The predicted molar refractivity (Wildman–Crippen MR) is 93.3 cm³/mol. The van der Waals surface area contributed by atoms with E-state index in [9.17, 15) is 13.2 Å². The van der Waals surface area contributed by atoms with Crippen LogP contribution in [0.2, 0.25) is 0 Å². The second-order valence-electron chi connectivity index (χ2n) is 6.10. The molecule has 0 radical (unpaired) electrons. The molecule has 0 spiro atoms. The minimum absolute atomic E-state index is 0.125. The molecule has 23 heavy (non-hydrogen) atoms. The van der Waals surface area contributed by atoms with Gasteiger partial charge >= 0.3 is 0 Å². The van der Waals surface area contributed by atoms with Gasteiger partial charge in [0.2, 0.25) is 5.91 Å². The molecular weight excluding hydrogens is 332 g/mol. The fraction of sp³-hybridized carbons (Fsp3) is 0.312. The second-order valence-corrected chi connectivity index (χ2v) is 9.04. The summed E-state index contributed by atoms with van der Waals surface area (Å²) in [5.74, 6) is -0.401. The monoisotopic (exact) mass is 352 g/mol. The molecule has 2 aromatic rings. The van der Waals surface area contributed by atoms with Gasteiger partial charge in [-0.2, -0.15) is 0 Å². The number of hydrogen-bond donors (Lipinski definition) is 2. The Labute approximate surface area is 140 Å². The van der Waals surface area contributed by atoms with Crippen LogP contribution in [0, 0.1) is 0 Å². The minimum atomic E-state index is -3.64. The first-order chi connectivity index (χ1) is 10.7. The second kappa shape index (κ2) is 6.82. The summed E-state index contributed by atoms with van der Waals surface area (Å²) < 4.78 is 26.5. The van der Waals surface area contributed by atoms with Crippen molar-refractivity contribution in [3.05, 3.63) is 47.3 Å². The van der Waals surface area contributed by atoms with E-state index in [0.29, 0.717) is 5.69 Å². The summed E-state index contributed by atoms with van der Waals surface area (Å²) in [4.78, 5) is 12.1. The molecule has 0 saturated carbocycles. The zero-order chi connectivity index (χ0) is 17.1. The third-order valence-electron chi connectivity index (χ3n) is 3.19. The lowest BCUT2D eigenvalue weighted by Gasteiger charge is -2.23. The van der Waals surface area contributed by atoms with Gasteiger partial charge in [0.15, 0.2) is 0 Å². The van der Waals surface area contributed by atoms with Gasteiger partial charge in [-0.25, -0.2) is 13.1 Å². The molecule has 0 fully saturated rings. The smallest absolute Gasteiger partial charge is 0.250 e. The molecule has 0 aliphatic rings. The van der Waals surface area contributed by atoms with E-state index in [1.165, 1.54) is 6.07 Å². The van der Waals surface area contributed by atoms with Crippen LogP contribution in [-0.4, -0.2) is 20.9 Å². The van der Waals surface area contributed by atoms with E-state index >= 15 is 0 Å². The Kier molecular flexibility index (Phi) is 5.23. The number of amides is 1. The first kappa shape index (κ1) is 17.7. The Morgan fingerprint density at radius 2 is 1.83 bits per heavy atom. The maximum atomic E-state index is 12.1. The van der Waals surface area contributed by atoms with E-state index in [0.717, 1.165) is 16.9 Å². The van der Waals surface area contributed by atoms with Crippen LogP contribution in [0.15, 0.2) is 46.0 Å². The van der Waals surface area contributed by atoms with Gasteiger partial charge < -0.3 is 5.32 Å². The van der Waals surface area contributed by atoms with Crippen LogP contribution >= 0.6 is 11.3 Å². The molecule has 7 heteroatoms. The topological polar surface area (TPSA) is 75.3 Å². The highest BCUT2D eigenvalue weighted by Gasteiger charge is 2.20. The van der Waals surface area contributed by atoms with Crippen LogP contribution in [-0.2, 0) is 20.2 Å². The summed E-state index contributed by atoms with van der Waals surface area (Å²) in [5.41, 5.74) is 1.56. The quantitative estimate of drug-likeness (QED) is 0.869. The lowest BCUT2D eigenvalue weighted by Crippen LogP contribution is -2.33. The molecule has 0 aliphatic carbocycles. The Morgan fingerprint density at radius 1 is 1.13 bits per heavy atom. The summed E-state index contributed by atoms with van der Waals surface area (Å²) >= 11 is 1.11. The van der Waals surface area contributed by atoms with Crippen molar-refractivity contribution < 1.29 is 13.2 Å². The lowest BCUT2D eigenvalue weighted by atomic mass is 9.86. The average molecular weight is 352 g/mol. The number of benzene rings is 1. The van der Waals surface area contributed by atoms with Gasteiger partial charge in [-0.05, 0) is 28.5 Å². The Balaban J connectivity index is 2.04. The Morgan fingerprint density at radius 3 is 2.43 bits per heavy atom. The average Bonchev–Trinajstić information content (AvgIpc) is 3.00. The van der Waals surface area contributed by atoms with Crippen molar-refractivity contribution >= 4 is 33.0 Å². The third kappa shape index (κ3) is 4.63. The van der Waals surface area contributed by atoms with E-state index in [2.05, 4.69) is 30.8 Å². The maximum absolute atomic E-state index is 12.1. The van der Waals surface area contributed by atoms with E-state index in [1.54, 1.807) is 11.4 Å². The third-order valence-corrected chi connectivity index (χ3v) is 5.99. The number of thiophene rings is 1. The number of hydrogen-bond acceptors (Lipinski definition) is 4. The van der Waals surface area contributed by atoms with E-state index in [4.69, 9.17) is 0 Å². The zero-order valence-electron chi connectivity index (χ0n) is 13.3. The number of rotatable bonds is 5. The molecule has 1 aromatic carbocycles. The van der Waals surface area contributed by atoms with Gasteiger partial charge in [0.1, 0.15) is 4.21 Å². The molecule has 0 saturated heterocycles. The molecule has 1 amide bonds. The molecule has 2 rings (SSSR count). The normalized spacial score (nSPS) is 12.1. The number of anilines is 1. The molecular formula is C16H20N2O3S2. The molecule has 0 aliphatic heterocycles. The number of para-hydroxylation sites is 1. The van der Waals surface area contributed by atoms with Crippen molar-refractivity contribution in [3.63, 3.8) is 0 Å². The van der Waals surface area contributed by atoms with Crippen molar-refractivity contribution in [2.75, 3.05) is 11.9 Å². The zero-order valence-corrected chi connectivity index (χ0v) is 14.9. The maximum Gasteiger partial charge on any atom is 0.250 e. The standard InChI is InChI=1S/C16H20N2O3S2/c1-16(2,3)12-7-4-5-8-13(12)18-14(19)11-17-23(20,21)15-9-6-10-22-15/h4-10,17H,11H2,1-3H3,(H,18,19). The van der Waals surface area contributed by atoms with Gasteiger partial charge in [0.25, 0.3) is 10.0 Å². The Hall–Kier alpha value is -1.70. The van der Waals surface area contributed by atoms with Crippen molar-refractivity contribution in [1.29, 1.82) is 0 Å². The van der Waals surface area contributed by atoms with Crippen LogP contribution in [0.4, 0.5) is 5.69 Å². The van der Waals surface area contributed by atoms with Crippen LogP contribution in [0.3, 0.4) is 0 Å². The highest BCUT2D eigenvalue weighted by Crippen LogP contribution is 2.29.